The van der Waals surface area contributed by atoms with Gasteiger partial charge in [0.2, 0.25) is 0 Å². The number of cyclic esters (lactones) is 1. The summed E-state index contributed by atoms with van der Waals surface area (Å²) in [5, 5.41) is 33.1. The van der Waals surface area contributed by atoms with Gasteiger partial charge in [-0.2, -0.15) is 0 Å². The molecule has 7 nitrogen and oxygen atoms in total. The maximum Gasteiger partial charge on any atom is 0.309 e. The van der Waals surface area contributed by atoms with Gasteiger partial charge in [-0.15, -0.1) is 11.3 Å². The lowest BCUT2D eigenvalue weighted by molar-refractivity contribution is -0.153. The average Bonchev–Trinajstić information content (AvgIpc) is 3.26. The molecule has 0 aliphatic carbocycles. The van der Waals surface area contributed by atoms with Gasteiger partial charge in [0.15, 0.2) is 0 Å². The lowest BCUT2D eigenvalue weighted by Gasteiger charge is -2.34. The van der Waals surface area contributed by atoms with Gasteiger partial charge in [-0.1, -0.05) is 39.3 Å². The van der Waals surface area contributed by atoms with Gasteiger partial charge in [0.25, 0.3) is 0 Å². The third-order valence-electron chi connectivity index (χ3n) is 6.74. The normalized spacial score (nSPS) is 30.2. The number of rotatable bonds is 3. The van der Waals surface area contributed by atoms with E-state index in [4.69, 9.17) is 4.74 Å². The molecule has 0 fully saturated rings. The Kier molecular flexibility index (Phi) is 10.6. The van der Waals surface area contributed by atoms with Crippen LogP contribution in [0.2, 0.25) is 0 Å². The first-order valence-electron chi connectivity index (χ1n) is 11.9. The third-order valence-corrected chi connectivity index (χ3v) is 7.59. The van der Waals surface area contributed by atoms with Gasteiger partial charge in [0.1, 0.15) is 16.9 Å². The summed E-state index contributed by atoms with van der Waals surface area (Å²) in [6.45, 7) is 8.74. The fraction of sp³-hybridized carbons (Fsp3) is 0.654. The topological polar surface area (TPSA) is 117 Å². The van der Waals surface area contributed by atoms with E-state index >= 15 is 0 Å². The second kappa shape index (κ2) is 12.7. The molecule has 5 atom stereocenters. The fourth-order valence-electron chi connectivity index (χ4n) is 4.17. The summed E-state index contributed by atoms with van der Waals surface area (Å²) >= 11 is 1.35. The first-order valence-corrected chi connectivity index (χ1v) is 12.8. The molecule has 0 saturated heterocycles. The van der Waals surface area contributed by atoms with E-state index in [1.54, 1.807) is 32.9 Å². The van der Waals surface area contributed by atoms with Crippen molar-refractivity contribution < 1.29 is 29.6 Å². The van der Waals surface area contributed by atoms with E-state index < -0.39 is 35.6 Å². The zero-order chi connectivity index (χ0) is 25.5. The summed E-state index contributed by atoms with van der Waals surface area (Å²) in [5.41, 5.74) is 0.621. The van der Waals surface area contributed by atoms with E-state index in [1.807, 2.05) is 25.3 Å². The summed E-state index contributed by atoms with van der Waals surface area (Å²) in [5.74, 6) is -1.58. The van der Waals surface area contributed by atoms with Crippen LogP contribution >= 0.6 is 11.3 Å². The molecule has 0 amide bonds. The van der Waals surface area contributed by atoms with Crippen molar-refractivity contribution in [2.24, 2.45) is 17.3 Å². The molecule has 0 saturated carbocycles. The number of nitrogens with zero attached hydrogens (tertiary/aromatic N) is 1. The van der Waals surface area contributed by atoms with Crippen LogP contribution in [0.15, 0.2) is 23.1 Å². The number of esters is 1. The average molecular weight is 494 g/mol. The molecule has 0 radical (unpaired) electrons. The van der Waals surface area contributed by atoms with Gasteiger partial charge >= 0.3 is 5.97 Å². The minimum absolute atomic E-state index is 0.0600. The molecule has 0 unspecified atom stereocenters. The number of allylic oxidation sites excluding steroid dienone is 1. The van der Waals surface area contributed by atoms with Crippen molar-refractivity contribution in [1.29, 1.82) is 0 Å². The van der Waals surface area contributed by atoms with Gasteiger partial charge in [-0.05, 0) is 44.3 Å². The van der Waals surface area contributed by atoms with Gasteiger partial charge in [-0.25, -0.2) is 4.98 Å². The number of Topliss-reactive ketones (excluding diaryl/α,β-unsaturated/α-hetero) is 1. The van der Waals surface area contributed by atoms with Crippen LogP contribution in [0.25, 0.3) is 6.08 Å². The summed E-state index contributed by atoms with van der Waals surface area (Å²) in [7, 11) is 0. The van der Waals surface area contributed by atoms with Crippen LogP contribution in [0.3, 0.4) is 0 Å². The SMILES string of the molecule is CC1=CC[C@@H](C=Cc2csc(CO)n2)OC(=O)C[C@H](O)C(C)(C)C(=O)[C@H](C)[C@@H](O)[C@@H](C)CCC1. The molecule has 34 heavy (non-hydrogen) atoms. The Morgan fingerprint density at radius 1 is 1.26 bits per heavy atom. The fourth-order valence-corrected chi connectivity index (χ4v) is 4.79. The molecule has 2 rings (SSSR count). The van der Waals surface area contributed by atoms with Crippen LogP contribution in [0.1, 0.15) is 77.4 Å². The lowest BCUT2D eigenvalue weighted by atomic mass is 9.73. The van der Waals surface area contributed by atoms with Crippen molar-refractivity contribution in [3.8, 4) is 0 Å². The second-order valence-corrected chi connectivity index (χ2v) is 10.9. The molecular formula is C26H39NO6S. The predicted molar refractivity (Wildman–Crippen MR) is 133 cm³/mol. The van der Waals surface area contributed by atoms with Crippen molar-refractivity contribution >= 4 is 29.2 Å². The van der Waals surface area contributed by atoms with Crippen LogP contribution in [0.4, 0.5) is 0 Å². The van der Waals surface area contributed by atoms with Gasteiger partial charge in [0, 0.05) is 17.7 Å². The Morgan fingerprint density at radius 2 is 1.97 bits per heavy atom. The van der Waals surface area contributed by atoms with Crippen molar-refractivity contribution in [3.63, 3.8) is 0 Å². The van der Waals surface area contributed by atoms with Gasteiger partial charge < -0.3 is 20.1 Å². The zero-order valence-corrected chi connectivity index (χ0v) is 21.7. The van der Waals surface area contributed by atoms with E-state index in [1.165, 1.54) is 11.3 Å². The van der Waals surface area contributed by atoms with E-state index in [0.29, 0.717) is 17.1 Å². The maximum atomic E-state index is 13.1. The smallest absolute Gasteiger partial charge is 0.309 e. The Balaban J connectivity index is 2.26. The highest BCUT2D eigenvalue weighted by Crippen LogP contribution is 2.32. The number of ether oxygens (including phenoxy) is 1. The Bertz CT molecular complexity index is 890. The first kappa shape index (κ1) is 28.4. The molecule has 2 heterocycles. The van der Waals surface area contributed by atoms with Crippen molar-refractivity contribution in [3.05, 3.63) is 33.8 Å². The summed E-state index contributed by atoms with van der Waals surface area (Å²) in [4.78, 5) is 30.1. The second-order valence-electron chi connectivity index (χ2n) is 9.95. The van der Waals surface area contributed by atoms with E-state index in [2.05, 4.69) is 4.98 Å². The summed E-state index contributed by atoms with van der Waals surface area (Å²) < 4.78 is 5.65. The van der Waals surface area contributed by atoms with Crippen LogP contribution in [-0.4, -0.2) is 50.4 Å². The number of aliphatic hydroxyl groups is 3. The zero-order valence-electron chi connectivity index (χ0n) is 20.9. The molecule has 0 spiro atoms. The maximum absolute atomic E-state index is 13.1. The van der Waals surface area contributed by atoms with E-state index in [0.717, 1.165) is 24.8 Å². The molecule has 1 aliphatic heterocycles. The molecule has 3 N–H and O–H groups in total. The molecule has 1 aromatic rings. The molecule has 0 aromatic carbocycles. The quantitative estimate of drug-likeness (QED) is 0.429. The number of hydrogen-bond acceptors (Lipinski definition) is 8. The number of aliphatic hydroxyl groups excluding tert-OH is 3. The summed E-state index contributed by atoms with van der Waals surface area (Å²) in [6, 6.07) is 0. The largest absolute Gasteiger partial charge is 0.458 e. The van der Waals surface area contributed by atoms with Crippen LogP contribution in [0, 0.1) is 17.3 Å². The van der Waals surface area contributed by atoms with Crippen LogP contribution < -0.4 is 0 Å². The highest BCUT2D eigenvalue weighted by atomic mass is 32.1. The number of aromatic nitrogens is 1. The van der Waals surface area contributed by atoms with Crippen molar-refractivity contribution in [2.45, 2.75) is 91.6 Å². The molecule has 190 valence electrons. The minimum Gasteiger partial charge on any atom is -0.458 e. The van der Waals surface area contributed by atoms with Gasteiger partial charge in [0.05, 0.1) is 36.3 Å². The number of carbonyl (C=O) groups is 2. The Labute approximate surface area is 206 Å². The monoisotopic (exact) mass is 493 g/mol. The lowest BCUT2D eigenvalue weighted by Crippen LogP contribution is -2.45. The third kappa shape index (κ3) is 7.83. The van der Waals surface area contributed by atoms with Gasteiger partial charge in [-0.3, -0.25) is 9.59 Å². The first-order chi connectivity index (χ1) is 15.9. The van der Waals surface area contributed by atoms with Crippen molar-refractivity contribution in [1.82, 2.24) is 4.98 Å². The van der Waals surface area contributed by atoms with Crippen molar-refractivity contribution in [2.75, 3.05) is 0 Å². The van der Waals surface area contributed by atoms with Crippen LogP contribution in [-0.2, 0) is 20.9 Å². The number of hydrogen-bond donors (Lipinski definition) is 3. The molecule has 0 bridgehead atoms. The summed E-state index contributed by atoms with van der Waals surface area (Å²) in [6.07, 6.45) is 5.59. The Morgan fingerprint density at radius 3 is 2.62 bits per heavy atom. The predicted octanol–water partition coefficient (Wildman–Crippen LogP) is 4.06. The molecule has 8 heteroatoms. The molecular weight excluding hydrogens is 454 g/mol. The number of carbonyl (C=O) groups excluding carboxylic acids is 2. The van der Waals surface area contributed by atoms with E-state index in [-0.39, 0.29) is 24.7 Å². The number of thiazole rings is 1. The number of ketones is 1. The molecule has 1 aliphatic rings. The minimum atomic E-state index is -1.24. The Hall–Kier alpha value is -1.87. The highest BCUT2D eigenvalue weighted by molar-refractivity contribution is 7.09. The molecule has 1 aromatic heterocycles. The highest BCUT2D eigenvalue weighted by Gasteiger charge is 2.42. The van der Waals surface area contributed by atoms with E-state index in [9.17, 15) is 24.9 Å². The standard InChI is InChI=1S/C26H39NO6S/c1-16-7-6-8-17(2)24(31)18(3)25(32)26(4,5)21(29)13-23(30)33-20(11-9-16)12-10-19-15-34-22(14-28)27-19/h9-10,12,15,17-18,20-21,24,28-29,31H,6-8,11,13-14H2,1-5H3/t17-,18+,20-,21-,24-/m0/s1. The van der Waals surface area contributed by atoms with Crippen LogP contribution in [0.5, 0.6) is 0 Å².